The molecule has 1 N–H and O–H groups in total. The third-order valence-corrected chi connectivity index (χ3v) is 9.41. The maximum absolute atomic E-state index is 14.0. The van der Waals surface area contributed by atoms with Crippen LogP contribution in [0.5, 0.6) is 0 Å². The number of hydrogen-bond donors (Lipinski definition) is 1. The molecule has 2 amide bonds. The summed E-state index contributed by atoms with van der Waals surface area (Å²) in [6, 6.07) is 19.9. The molecule has 0 aromatic heterocycles. The Balaban J connectivity index is 1.69. The highest BCUT2D eigenvalue weighted by Crippen LogP contribution is 2.31. The van der Waals surface area contributed by atoms with E-state index in [1.54, 1.807) is 43.3 Å². The van der Waals surface area contributed by atoms with Crippen LogP contribution in [0.4, 0.5) is 5.69 Å². The number of nitrogens with zero attached hydrogens (tertiary/aromatic N) is 2. The first-order valence-electron chi connectivity index (χ1n) is 13.6. The van der Waals surface area contributed by atoms with Gasteiger partial charge in [0.2, 0.25) is 11.8 Å². The number of para-hydroxylation sites is 1. The Bertz CT molecular complexity index is 1450. The molecule has 0 saturated heterocycles. The van der Waals surface area contributed by atoms with Gasteiger partial charge in [0.25, 0.3) is 10.0 Å². The minimum atomic E-state index is -4.17. The first-order chi connectivity index (χ1) is 19.1. The second kappa shape index (κ2) is 12.9. The molecule has 0 heterocycles. The zero-order chi connectivity index (χ0) is 28.9. The summed E-state index contributed by atoms with van der Waals surface area (Å²) in [5.74, 6) is -0.759. The van der Waals surface area contributed by atoms with Gasteiger partial charge in [-0.2, -0.15) is 0 Å². The fourth-order valence-electron chi connectivity index (χ4n) is 4.99. The maximum Gasteiger partial charge on any atom is 0.264 e. The van der Waals surface area contributed by atoms with Gasteiger partial charge in [-0.25, -0.2) is 8.42 Å². The molecule has 1 unspecified atom stereocenters. The zero-order valence-corrected chi connectivity index (χ0v) is 24.7. The average molecular weight is 582 g/mol. The molecule has 1 aliphatic rings. The quantitative estimate of drug-likeness (QED) is 0.336. The summed E-state index contributed by atoms with van der Waals surface area (Å²) >= 11 is 6.46. The standard InChI is InChI=1S/C31H36ClN3O4S/c1-22-15-17-27(18-16-22)40(38,39)35(29-14-7-6-13-28(29)32)21-30(36)34(20-25-10-8-9-23(2)19-25)24(3)31(37)33-26-11-4-5-12-26/h6-10,13-19,24,26H,4-5,11-12,20-21H2,1-3H3,(H,33,37). The van der Waals surface area contributed by atoms with Crippen molar-refractivity contribution in [2.24, 2.45) is 0 Å². The number of halogens is 1. The van der Waals surface area contributed by atoms with E-state index >= 15 is 0 Å². The van der Waals surface area contributed by atoms with Crippen LogP contribution in [0.1, 0.15) is 49.3 Å². The van der Waals surface area contributed by atoms with E-state index < -0.39 is 28.5 Å². The highest BCUT2D eigenvalue weighted by molar-refractivity contribution is 7.92. The Hall–Kier alpha value is -3.36. The highest BCUT2D eigenvalue weighted by atomic mass is 35.5. The molecule has 212 valence electrons. The van der Waals surface area contributed by atoms with Crippen LogP contribution in [0.25, 0.3) is 0 Å². The summed E-state index contributed by atoms with van der Waals surface area (Å²) in [7, 11) is -4.17. The lowest BCUT2D eigenvalue weighted by atomic mass is 10.1. The molecular formula is C31H36ClN3O4S. The van der Waals surface area contributed by atoms with Gasteiger partial charge in [0.15, 0.2) is 0 Å². The van der Waals surface area contributed by atoms with Crippen LogP contribution in [0.3, 0.4) is 0 Å². The smallest absolute Gasteiger partial charge is 0.264 e. The van der Waals surface area contributed by atoms with Crippen molar-refractivity contribution in [2.75, 3.05) is 10.8 Å². The molecule has 0 bridgehead atoms. The van der Waals surface area contributed by atoms with Crippen molar-refractivity contribution in [1.29, 1.82) is 0 Å². The predicted molar refractivity (Wildman–Crippen MR) is 159 cm³/mol. The number of benzene rings is 3. The first-order valence-corrected chi connectivity index (χ1v) is 15.4. The number of nitrogens with one attached hydrogen (secondary N) is 1. The molecule has 1 aliphatic carbocycles. The largest absolute Gasteiger partial charge is 0.352 e. The van der Waals surface area contributed by atoms with Gasteiger partial charge in [-0.1, -0.05) is 84.1 Å². The monoisotopic (exact) mass is 581 g/mol. The van der Waals surface area contributed by atoms with Crippen molar-refractivity contribution in [3.8, 4) is 0 Å². The van der Waals surface area contributed by atoms with Crippen molar-refractivity contribution in [2.45, 2.75) is 70.0 Å². The first kappa shape index (κ1) is 29.6. The summed E-state index contributed by atoms with van der Waals surface area (Å²) in [4.78, 5) is 28.8. The van der Waals surface area contributed by atoms with E-state index in [4.69, 9.17) is 11.6 Å². The number of carbonyl (C=O) groups excluding carboxylic acids is 2. The summed E-state index contributed by atoms with van der Waals surface area (Å²) < 4.78 is 28.9. The molecule has 9 heteroatoms. The highest BCUT2D eigenvalue weighted by Gasteiger charge is 2.34. The Morgan fingerprint density at radius 2 is 1.62 bits per heavy atom. The Labute approximate surface area is 242 Å². The second-order valence-corrected chi connectivity index (χ2v) is 12.7. The molecule has 3 aromatic carbocycles. The van der Waals surface area contributed by atoms with Gasteiger partial charge in [-0.05, 0) is 63.4 Å². The molecule has 7 nitrogen and oxygen atoms in total. The molecule has 0 radical (unpaired) electrons. The molecule has 40 heavy (non-hydrogen) atoms. The Morgan fingerprint density at radius 1 is 0.950 bits per heavy atom. The van der Waals surface area contributed by atoms with Crippen LogP contribution >= 0.6 is 11.6 Å². The van der Waals surface area contributed by atoms with Crippen molar-refractivity contribution in [3.63, 3.8) is 0 Å². The lowest BCUT2D eigenvalue weighted by molar-refractivity contribution is -0.139. The van der Waals surface area contributed by atoms with E-state index in [0.29, 0.717) is 0 Å². The van der Waals surface area contributed by atoms with Crippen molar-refractivity contribution in [1.82, 2.24) is 10.2 Å². The number of carbonyl (C=O) groups is 2. The van der Waals surface area contributed by atoms with Gasteiger partial charge >= 0.3 is 0 Å². The summed E-state index contributed by atoms with van der Waals surface area (Å²) in [5.41, 5.74) is 2.97. The number of anilines is 1. The molecule has 4 rings (SSSR count). The Kier molecular flexibility index (Phi) is 9.53. The normalized spacial score (nSPS) is 14.5. The van der Waals surface area contributed by atoms with Gasteiger partial charge < -0.3 is 10.2 Å². The molecule has 3 aromatic rings. The van der Waals surface area contributed by atoms with Crippen LogP contribution in [-0.2, 0) is 26.2 Å². The lowest BCUT2D eigenvalue weighted by Crippen LogP contribution is -2.52. The SMILES string of the molecule is Cc1ccc(S(=O)(=O)N(CC(=O)N(Cc2cccc(C)c2)C(C)C(=O)NC2CCCC2)c2ccccc2Cl)cc1. The third kappa shape index (κ3) is 7.04. The van der Waals surface area contributed by atoms with E-state index in [9.17, 15) is 18.0 Å². The molecule has 0 aliphatic heterocycles. The number of rotatable bonds is 10. The molecule has 1 atom stereocenters. The molecule has 1 saturated carbocycles. The zero-order valence-electron chi connectivity index (χ0n) is 23.1. The van der Waals surface area contributed by atoms with Crippen LogP contribution < -0.4 is 9.62 Å². The van der Waals surface area contributed by atoms with E-state index in [1.807, 2.05) is 38.1 Å². The summed E-state index contributed by atoms with van der Waals surface area (Å²) in [6.07, 6.45) is 3.96. The molecular weight excluding hydrogens is 546 g/mol. The number of sulfonamides is 1. The van der Waals surface area contributed by atoms with Crippen LogP contribution in [0.15, 0.2) is 77.7 Å². The number of amides is 2. The summed E-state index contributed by atoms with van der Waals surface area (Å²) in [5, 5.41) is 3.28. The fourth-order valence-corrected chi connectivity index (χ4v) is 6.71. The fraction of sp³-hybridized carbons (Fsp3) is 0.355. The molecule has 0 spiro atoms. The van der Waals surface area contributed by atoms with Gasteiger partial charge in [0.05, 0.1) is 15.6 Å². The van der Waals surface area contributed by atoms with Gasteiger partial charge in [0, 0.05) is 12.6 Å². The third-order valence-electron chi connectivity index (χ3n) is 7.31. The van der Waals surface area contributed by atoms with Crippen molar-refractivity contribution in [3.05, 3.63) is 94.5 Å². The van der Waals surface area contributed by atoms with Gasteiger partial charge in [-0.3, -0.25) is 13.9 Å². The summed E-state index contributed by atoms with van der Waals surface area (Å²) in [6.45, 7) is 5.14. The maximum atomic E-state index is 14.0. The molecule has 1 fully saturated rings. The van der Waals surface area contributed by atoms with E-state index in [0.717, 1.165) is 46.7 Å². The lowest BCUT2D eigenvalue weighted by Gasteiger charge is -2.32. The van der Waals surface area contributed by atoms with Crippen LogP contribution in [0.2, 0.25) is 5.02 Å². The topological polar surface area (TPSA) is 86.8 Å². The van der Waals surface area contributed by atoms with Gasteiger partial charge in [-0.15, -0.1) is 0 Å². The minimum absolute atomic E-state index is 0.0445. The van der Waals surface area contributed by atoms with E-state index in [-0.39, 0.29) is 34.1 Å². The van der Waals surface area contributed by atoms with Crippen molar-refractivity contribution >= 4 is 39.1 Å². The number of hydrogen-bond acceptors (Lipinski definition) is 4. The average Bonchev–Trinajstić information content (AvgIpc) is 3.43. The van der Waals surface area contributed by atoms with Crippen molar-refractivity contribution < 1.29 is 18.0 Å². The van der Waals surface area contributed by atoms with Crippen LogP contribution in [-0.4, -0.2) is 43.8 Å². The van der Waals surface area contributed by atoms with E-state index in [2.05, 4.69) is 5.32 Å². The van der Waals surface area contributed by atoms with Crippen LogP contribution in [0, 0.1) is 13.8 Å². The Morgan fingerprint density at radius 3 is 2.27 bits per heavy atom. The number of aryl methyl sites for hydroxylation is 2. The minimum Gasteiger partial charge on any atom is -0.352 e. The van der Waals surface area contributed by atoms with E-state index in [1.165, 1.54) is 17.0 Å². The van der Waals surface area contributed by atoms with Gasteiger partial charge in [0.1, 0.15) is 12.6 Å². The second-order valence-electron chi connectivity index (χ2n) is 10.5. The predicted octanol–water partition coefficient (Wildman–Crippen LogP) is 5.63.